The quantitative estimate of drug-likeness (QED) is 0.0600. The predicted octanol–water partition coefficient (Wildman–Crippen LogP) is 9.40. The summed E-state index contributed by atoms with van der Waals surface area (Å²) < 4.78 is 36.1. The van der Waals surface area contributed by atoms with E-state index in [2.05, 4.69) is 19.4 Å². The molecule has 0 amide bonds. The minimum absolute atomic E-state index is 0. The molecule has 0 unspecified atom stereocenters. The number of nitrogens with one attached hydrogen (secondary N) is 1. The summed E-state index contributed by atoms with van der Waals surface area (Å²) in [6.45, 7) is 31.0. The van der Waals surface area contributed by atoms with Gasteiger partial charge in [0.05, 0.1) is 0 Å². The van der Waals surface area contributed by atoms with E-state index in [1.165, 1.54) is 13.8 Å². The lowest BCUT2D eigenvalue weighted by Gasteiger charge is -2.28. The number of carbonyl (C=O) groups excluding carboxylic acids is 2. The van der Waals surface area contributed by atoms with Crippen LogP contribution in [0.1, 0.15) is 147 Å². The van der Waals surface area contributed by atoms with Crippen LogP contribution in [0.5, 0.6) is 0 Å². The lowest BCUT2D eigenvalue weighted by atomic mass is 10.2. The first kappa shape index (κ1) is 110. The van der Waals surface area contributed by atoms with E-state index in [1.807, 2.05) is 83.1 Å². The molecule has 0 heterocycles. The van der Waals surface area contributed by atoms with Gasteiger partial charge in [0.25, 0.3) is 0 Å². The van der Waals surface area contributed by atoms with Crippen LogP contribution in [0, 0.1) is 5.53 Å². The summed E-state index contributed by atoms with van der Waals surface area (Å²) in [5.74, 6) is -0.449. The van der Waals surface area contributed by atoms with Gasteiger partial charge in [-0.3, -0.25) is 9.59 Å². The van der Waals surface area contributed by atoms with Gasteiger partial charge >= 0.3 is 11.9 Å². The minimum atomic E-state index is -4.06. The Kier molecular flexibility index (Phi) is 129. The molecular weight excluding hydrogens is 775 g/mol. The Morgan fingerprint density at radius 1 is 0.612 bits per heavy atom. The van der Waals surface area contributed by atoms with Gasteiger partial charge in [-0.05, 0) is 41.5 Å². The predicted molar refractivity (Wildman–Crippen MR) is 246 cm³/mol. The van der Waals surface area contributed by atoms with E-state index in [4.69, 9.17) is 24.8 Å². The van der Waals surface area contributed by atoms with Gasteiger partial charge in [-0.2, -0.15) is 86.5 Å². The smallest absolute Gasteiger partial charge is 0.303 e. The van der Waals surface area contributed by atoms with Gasteiger partial charge in [-0.1, -0.05) is 97.2 Å². The molecule has 0 aliphatic heterocycles. The lowest BCUT2D eigenvalue weighted by Crippen LogP contribution is -2.31. The molecular formula is C29H88N3O10S7-. The van der Waals surface area contributed by atoms with Crippen molar-refractivity contribution in [1.29, 1.82) is 5.53 Å². The Balaban J connectivity index is -0.0000000166. The van der Waals surface area contributed by atoms with Gasteiger partial charge < -0.3 is 23.9 Å². The van der Waals surface area contributed by atoms with Crippen molar-refractivity contribution in [1.82, 2.24) is 0 Å². The number of ether oxygens (including phenoxy) is 3. The average molecular weight is 864 g/mol. The van der Waals surface area contributed by atoms with Gasteiger partial charge in [0, 0.05) is 32.0 Å². The van der Waals surface area contributed by atoms with Crippen LogP contribution in [0.3, 0.4) is 0 Å². The molecule has 0 fully saturated rings. The average Bonchev–Trinajstić information content (AvgIpc) is 2.68. The molecule has 0 radical (unpaired) electrons. The Bertz CT molecular complexity index is 688. The zero-order valence-corrected chi connectivity index (χ0v) is 37.8. The van der Waals surface area contributed by atoms with Crippen molar-refractivity contribution in [3.8, 4) is 0 Å². The van der Waals surface area contributed by atoms with Crippen LogP contribution in [0.2, 0.25) is 0 Å². The SMILES string of the molecule is C.C.C.C.CC.CC.CC.CC(=O)OC(C)(C)C.CC(=O)OC(C)(C)C.CC(C)(C)OC([O-])=NN=N.CS(C)(=O)(O)OO.S.S.S.S.S.S. The molecule has 0 spiro atoms. The molecule has 0 rings (SSSR count). The number of carbonyl (C=O) groups is 2. The highest BCUT2D eigenvalue weighted by Crippen LogP contribution is 2.09. The number of hydrogen-bond acceptors (Lipinski definition) is 11. The Hall–Kier alpha value is -0.0600. The molecule has 3 N–H and O–H groups in total. The van der Waals surface area contributed by atoms with Crippen LogP contribution in [0.15, 0.2) is 10.3 Å². The van der Waals surface area contributed by atoms with E-state index < -0.39 is 21.3 Å². The molecule has 0 aliphatic carbocycles. The number of esters is 2. The second-order valence-electron chi connectivity index (χ2n) is 9.82. The van der Waals surface area contributed by atoms with E-state index >= 15 is 0 Å². The van der Waals surface area contributed by atoms with Crippen molar-refractivity contribution >= 4 is 109 Å². The molecule has 13 nitrogen and oxygen atoms in total. The second kappa shape index (κ2) is 57.3. The molecule has 0 saturated carbocycles. The highest BCUT2D eigenvalue weighted by atomic mass is 32.3. The maximum Gasteiger partial charge on any atom is 0.303 e. The summed E-state index contributed by atoms with van der Waals surface area (Å²) in [7, 11) is -4.06. The molecule has 0 saturated heterocycles. The monoisotopic (exact) mass is 862 g/mol. The van der Waals surface area contributed by atoms with Crippen LogP contribution >= 0.6 is 81.0 Å². The fourth-order valence-electron chi connectivity index (χ4n) is 1.19. The largest absolute Gasteiger partial charge is 0.593 e. The van der Waals surface area contributed by atoms with E-state index in [0.29, 0.717) is 0 Å². The molecule has 0 bridgehead atoms. The molecule has 0 aliphatic rings. The van der Waals surface area contributed by atoms with Gasteiger partial charge in [0.2, 0.25) is 0 Å². The summed E-state index contributed by atoms with van der Waals surface area (Å²) in [5, 5.41) is 23.5. The number of hydrogen-bond donors (Lipinski definition) is 3. The van der Waals surface area contributed by atoms with E-state index in [9.17, 15) is 18.9 Å². The Labute approximate surface area is 346 Å². The maximum atomic E-state index is 10.5. The normalized spacial score (nSPS) is 9.16. The topological polar surface area (TPSA) is 200 Å². The third-order valence-electron chi connectivity index (χ3n) is 1.64. The number of rotatable bonds is 2. The summed E-state index contributed by atoms with van der Waals surface area (Å²) >= 11 is 0. The first-order valence-electron chi connectivity index (χ1n) is 12.5. The van der Waals surface area contributed by atoms with Gasteiger partial charge in [0.1, 0.15) is 20.8 Å². The van der Waals surface area contributed by atoms with Crippen molar-refractivity contribution in [3.05, 3.63) is 0 Å². The summed E-state index contributed by atoms with van der Waals surface area (Å²) in [6, 6.07) is 0. The molecule has 0 atom stereocenters. The second-order valence-corrected chi connectivity index (χ2v) is 13.3. The van der Waals surface area contributed by atoms with Crippen molar-refractivity contribution in [2.45, 2.75) is 164 Å². The zero-order valence-electron chi connectivity index (χ0n) is 31.0. The van der Waals surface area contributed by atoms with Crippen LogP contribution in [-0.2, 0) is 37.8 Å². The highest BCUT2D eigenvalue weighted by molar-refractivity contribution is 8.09. The fourth-order valence-corrected chi connectivity index (χ4v) is 1.19. The van der Waals surface area contributed by atoms with E-state index in [-0.39, 0.29) is 134 Å². The van der Waals surface area contributed by atoms with Gasteiger partial charge in [-0.25, -0.2) is 9.47 Å². The molecule has 0 aromatic rings. The summed E-state index contributed by atoms with van der Waals surface area (Å²) in [5.41, 5.74) is 4.98. The number of nitrogens with zero attached hydrogens (tertiary/aromatic N) is 2. The molecule has 0 aromatic carbocycles. The minimum Gasteiger partial charge on any atom is -0.593 e. The van der Waals surface area contributed by atoms with Crippen molar-refractivity contribution in [2.75, 3.05) is 12.5 Å². The fraction of sp³-hybridized carbons (Fsp3) is 0.897. The standard InChI is InChI=1S/2C6H12O2.C5H11N3O2.C2H8O4S.3C2H6.4CH4.6H2S/c2*1-5(7)8-6(2,3)4;1-5(2,3)10-4(9)7-8-6;1-7(2,4,5)6-3;3*1-2;;;;;;;;;;/h2*1-4H3;1-3H3,(H2,6,7,9);3H,1-2H3,(H,4,5);3*1-2H3;4*1H4;6*1H2/p-1. The van der Waals surface area contributed by atoms with Crippen LogP contribution in [-0.4, -0.2) is 61.4 Å². The van der Waals surface area contributed by atoms with E-state index in [1.54, 1.807) is 20.8 Å². The molecule has 20 heteroatoms. The van der Waals surface area contributed by atoms with E-state index in [0.717, 1.165) is 12.5 Å². The molecule has 0 aromatic heterocycles. The summed E-state index contributed by atoms with van der Waals surface area (Å²) in [4.78, 5) is 20.5. The van der Waals surface area contributed by atoms with Crippen LogP contribution in [0.25, 0.3) is 0 Å². The first-order valence-corrected chi connectivity index (χ1v) is 15.2. The maximum absolute atomic E-state index is 10.5. The highest BCUT2D eigenvalue weighted by Gasteiger charge is 2.18. The van der Waals surface area contributed by atoms with Crippen molar-refractivity contribution < 1.29 is 47.3 Å². The lowest BCUT2D eigenvalue weighted by molar-refractivity contribution is -0.260. The van der Waals surface area contributed by atoms with Crippen molar-refractivity contribution in [3.63, 3.8) is 0 Å². The van der Waals surface area contributed by atoms with Crippen LogP contribution in [0.4, 0.5) is 0 Å². The molecule has 322 valence electrons. The Morgan fingerprint density at radius 3 is 0.837 bits per heavy atom. The van der Waals surface area contributed by atoms with Crippen LogP contribution < -0.4 is 5.11 Å². The van der Waals surface area contributed by atoms with Crippen molar-refractivity contribution in [2.24, 2.45) is 10.3 Å². The molecule has 49 heavy (non-hydrogen) atoms. The third kappa shape index (κ3) is 210. The van der Waals surface area contributed by atoms with Gasteiger partial charge in [0.15, 0.2) is 6.08 Å². The zero-order chi connectivity index (χ0) is 33.9. The third-order valence-corrected chi connectivity index (χ3v) is 2.06. The van der Waals surface area contributed by atoms with Gasteiger partial charge in [-0.15, -0.1) is 9.44 Å². The summed E-state index contributed by atoms with van der Waals surface area (Å²) in [6.07, 6.45) is 0.969. The Morgan fingerprint density at radius 2 is 0.776 bits per heavy atom. The first-order chi connectivity index (χ1) is 17.1.